The number of rotatable bonds is 3. The molecular formula is C16H20F3N5O. The molecule has 9 heteroatoms. The van der Waals surface area contributed by atoms with Gasteiger partial charge in [-0.2, -0.15) is 18.3 Å². The second-order valence-corrected chi connectivity index (χ2v) is 6.43. The molecule has 0 aromatic carbocycles. The summed E-state index contributed by atoms with van der Waals surface area (Å²) >= 11 is 0. The molecule has 136 valence electrons. The number of likely N-dealkylation sites (tertiary alicyclic amines) is 1. The topological polar surface area (TPSA) is 56.0 Å². The van der Waals surface area contributed by atoms with Gasteiger partial charge in [-0.25, -0.2) is 4.98 Å². The summed E-state index contributed by atoms with van der Waals surface area (Å²) in [4.78, 5) is 17.9. The van der Waals surface area contributed by atoms with Gasteiger partial charge in [0.1, 0.15) is 5.82 Å². The number of nitrogens with zero attached hydrogens (tertiary/aromatic N) is 5. The summed E-state index contributed by atoms with van der Waals surface area (Å²) in [6.45, 7) is 0.993. The number of aryl methyl sites for hydroxylation is 2. The van der Waals surface area contributed by atoms with Crippen LogP contribution in [0, 0.1) is 0 Å². The molecule has 0 unspecified atom stereocenters. The van der Waals surface area contributed by atoms with Crippen molar-refractivity contribution >= 4 is 5.91 Å². The van der Waals surface area contributed by atoms with Gasteiger partial charge in [0.05, 0.1) is 12.1 Å². The number of carbonyl (C=O) groups is 1. The van der Waals surface area contributed by atoms with Gasteiger partial charge in [-0.3, -0.25) is 9.48 Å². The molecule has 25 heavy (non-hydrogen) atoms. The standard InChI is InChI=1S/C16H20F3N5O/c1-22-10-13(16(17,18)19)20-15(22)11-4-3-6-24(9-11)14(25)8-12-5-7-23(2)21-12/h5,7,10-11H,3-4,6,8-9H2,1-2H3/t11-/m0/s1. The molecule has 1 aliphatic heterocycles. The fraction of sp³-hybridized carbons (Fsp3) is 0.562. The molecule has 3 heterocycles. The molecule has 0 aliphatic carbocycles. The highest BCUT2D eigenvalue weighted by atomic mass is 19.4. The van der Waals surface area contributed by atoms with Crippen LogP contribution in [0.2, 0.25) is 0 Å². The average Bonchev–Trinajstić information content (AvgIpc) is 3.13. The van der Waals surface area contributed by atoms with E-state index < -0.39 is 11.9 Å². The molecule has 3 rings (SSSR count). The van der Waals surface area contributed by atoms with Gasteiger partial charge in [-0.1, -0.05) is 0 Å². The first kappa shape index (κ1) is 17.5. The van der Waals surface area contributed by atoms with E-state index in [4.69, 9.17) is 0 Å². The first-order chi connectivity index (χ1) is 11.7. The van der Waals surface area contributed by atoms with Crippen molar-refractivity contribution < 1.29 is 18.0 Å². The molecule has 1 fully saturated rings. The quantitative estimate of drug-likeness (QED) is 0.848. The van der Waals surface area contributed by atoms with E-state index in [9.17, 15) is 18.0 Å². The van der Waals surface area contributed by atoms with Crippen molar-refractivity contribution in [3.63, 3.8) is 0 Å². The Morgan fingerprint density at radius 2 is 2.12 bits per heavy atom. The first-order valence-corrected chi connectivity index (χ1v) is 8.11. The minimum Gasteiger partial charge on any atom is -0.342 e. The average molecular weight is 355 g/mol. The maximum Gasteiger partial charge on any atom is 0.434 e. The van der Waals surface area contributed by atoms with Gasteiger partial charge in [0, 0.05) is 45.5 Å². The molecule has 6 nitrogen and oxygen atoms in total. The number of aromatic nitrogens is 4. The van der Waals surface area contributed by atoms with Crippen LogP contribution in [0.3, 0.4) is 0 Å². The zero-order valence-electron chi connectivity index (χ0n) is 14.1. The van der Waals surface area contributed by atoms with E-state index in [1.807, 2.05) is 0 Å². The van der Waals surface area contributed by atoms with E-state index in [1.165, 1.54) is 4.57 Å². The number of piperidine rings is 1. The summed E-state index contributed by atoms with van der Waals surface area (Å²) in [5.74, 6) is 0.124. The SMILES string of the molecule is Cn1ccc(CC(=O)N2CCC[C@H](c3nc(C(F)(F)F)cn3C)C2)n1. The molecule has 2 aromatic heterocycles. The predicted octanol–water partition coefficient (Wildman–Crippen LogP) is 2.12. The fourth-order valence-corrected chi connectivity index (χ4v) is 3.24. The smallest absolute Gasteiger partial charge is 0.342 e. The lowest BCUT2D eigenvalue weighted by Crippen LogP contribution is -2.40. The third-order valence-corrected chi connectivity index (χ3v) is 4.44. The van der Waals surface area contributed by atoms with Crippen LogP contribution in [-0.4, -0.2) is 43.2 Å². The van der Waals surface area contributed by atoms with Crippen molar-refractivity contribution in [2.75, 3.05) is 13.1 Å². The van der Waals surface area contributed by atoms with E-state index >= 15 is 0 Å². The monoisotopic (exact) mass is 355 g/mol. The van der Waals surface area contributed by atoms with Gasteiger partial charge < -0.3 is 9.47 Å². The summed E-state index contributed by atoms with van der Waals surface area (Å²) in [5, 5.41) is 4.19. The molecule has 1 atom stereocenters. The molecule has 0 N–H and O–H groups in total. The van der Waals surface area contributed by atoms with Gasteiger partial charge in [0.2, 0.25) is 5.91 Å². The lowest BCUT2D eigenvalue weighted by atomic mass is 9.96. The van der Waals surface area contributed by atoms with Gasteiger partial charge in [-0.15, -0.1) is 0 Å². The minimum absolute atomic E-state index is 0.0614. The minimum atomic E-state index is -4.46. The van der Waals surface area contributed by atoms with Crippen LogP contribution in [0.1, 0.15) is 36.0 Å². The highest BCUT2D eigenvalue weighted by molar-refractivity contribution is 5.78. The molecular weight excluding hydrogens is 335 g/mol. The first-order valence-electron chi connectivity index (χ1n) is 8.11. The molecule has 0 spiro atoms. The third-order valence-electron chi connectivity index (χ3n) is 4.44. The van der Waals surface area contributed by atoms with Crippen molar-refractivity contribution in [1.29, 1.82) is 0 Å². The lowest BCUT2D eigenvalue weighted by molar-refractivity contribution is -0.141. The predicted molar refractivity (Wildman–Crippen MR) is 83.7 cm³/mol. The normalized spacial score (nSPS) is 18.6. The Labute approximate surface area is 143 Å². The van der Waals surface area contributed by atoms with Crippen LogP contribution in [0.15, 0.2) is 18.5 Å². The highest BCUT2D eigenvalue weighted by Crippen LogP contribution is 2.32. The third kappa shape index (κ3) is 3.85. The second kappa shape index (κ2) is 6.53. The van der Waals surface area contributed by atoms with E-state index in [1.54, 1.807) is 35.9 Å². The van der Waals surface area contributed by atoms with Gasteiger partial charge in [0.15, 0.2) is 5.69 Å². The summed E-state index contributed by atoms with van der Waals surface area (Å²) in [7, 11) is 3.34. The maximum absolute atomic E-state index is 12.8. The number of hydrogen-bond acceptors (Lipinski definition) is 3. The maximum atomic E-state index is 12.8. The number of hydrogen-bond donors (Lipinski definition) is 0. The molecule has 1 amide bonds. The Morgan fingerprint density at radius 3 is 2.72 bits per heavy atom. The summed E-state index contributed by atoms with van der Waals surface area (Å²) in [6.07, 6.45) is -0.0262. The number of carbonyl (C=O) groups excluding carboxylic acids is 1. The number of imidazole rings is 1. The van der Waals surface area contributed by atoms with Crippen molar-refractivity contribution in [1.82, 2.24) is 24.2 Å². The van der Waals surface area contributed by atoms with Crippen LogP contribution >= 0.6 is 0 Å². The van der Waals surface area contributed by atoms with Crippen LogP contribution in [0.5, 0.6) is 0 Å². The van der Waals surface area contributed by atoms with Crippen molar-refractivity contribution in [2.24, 2.45) is 14.1 Å². The number of halogens is 3. The second-order valence-electron chi connectivity index (χ2n) is 6.43. The summed E-state index contributed by atoms with van der Waals surface area (Å²) < 4.78 is 41.6. The summed E-state index contributed by atoms with van der Waals surface area (Å²) in [6, 6.07) is 1.79. The molecule has 1 saturated heterocycles. The Balaban J connectivity index is 1.71. The molecule has 0 saturated carbocycles. The number of alkyl halides is 3. The number of amides is 1. The van der Waals surface area contributed by atoms with Crippen molar-refractivity contribution in [3.05, 3.63) is 35.7 Å². The van der Waals surface area contributed by atoms with Crippen molar-refractivity contribution in [2.45, 2.75) is 31.4 Å². The van der Waals surface area contributed by atoms with Crippen LogP contribution in [0.25, 0.3) is 0 Å². The van der Waals surface area contributed by atoms with Crippen molar-refractivity contribution in [3.8, 4) is 0 Å². The summed E-state index contributed by atoms with van der Waals surface area (Å²) in [5.41, 5.74) is -0.201. The van der Waals surface area contributed by atoms with Crippen LogP contribution in [-0.2, 0) is 31.5 Å². The van der Waals surface area contributed by atoms with E-state index in [0.717, 1.165) is 19.0 Å². The van der Waals surface area contributed by atoms with E-state index in [2.05, 4.69) is 10.1 Å². The molecule has 0 bridgehead atoms. The Bertz CT molecular complexity index is 764. The largest absolute Gasteiger partial charge is 0.434 e. The van der Waals surface area contributed by atoms with Crippen LogP contribution in [0.4, 0.5) is 13.2 Å². The highest BCUT2D eigenvalue weighted by Gasteiger charge is 2.36. The van der Waals surface area contributed by atoms with Crippen LogP contribution < -0.4 is 0 Å². The Morgan fingerprint density at radius 1 is 1.36 bits per heavy atom. The van der Waals surface area contributed by atoms with E-state index in [-0.39, 0.29) is 18.2 Å². The lowest BCUT2D eigenvalue weighted by Gasteiger charge is -2.32. The Hall–Kier alpha value is -2.32. The van der Waals surface area contributed by atoms with E-state index in [0.29, 0.717) is 24.6 Å². The fourth-order valence-electron chi connectivity index (χ4n) is 3.24. The molecule has 2 aromatic rings. The molecule has 0 radical (unpaired) electrons. The Kier molecular flexibility index (Phi) is 4.57. The van der Waals surface area contributed by atoms with Gasteiger partial charge in [-0.05, 0) is 18.9 Å². The zero-order valence-corrected chi connectivity index (χ0v) is 14.1. The van der Waals surface area contributed by atoms with Gasteiger partial charge >= 0.3 is 6.18 Å². The molecule has 1 aliphatic rings. The zero-order chi connectivity index (χ0) is 18.2. The van der Waals surface area contributed by atoms with Gasteiger partial charge in [0.25, 0.3) is 0 Å².